The van der Waals surface area contributed by atoms with Crippen molar-refractivity contribution in [3.05, 3.63) is 11.1 Å². The molecule has 0 aromatic rings. The summed E-state index contributed by atoms with van der Waals surface area (Å²) in [6, 6.07) is 0. The van der Waals surface area contributed by atoms with Gasteiger partial charge in [-0.3, -0.25) is 4.79 Å². The van der Waals surface area contributed by atoms with Gasteiger partial charge in [0.05, 0.1) is 0 Å². The first-order chi connectivity index (χ1) is 7.43. The lowest BCUT2D eigenvalue weighted by atomic mass is 9.53. The maximum atomic E-state index is 12.6. The Labute approximate surface area is 98.3 Å². The fourth-order valence-corrected chi connectivity index (χ4v) is 5.19. The summed E-state index contributed by atoms with van der Waals surface area (Å²) in [7, 11) is 0. The molecule has 1 heteroatoms. The van der Waals surface area contributed by atoms with E-state index in [0.29, 0.717) is 17.6 Å². The highest BCUT2D eigenvalue weighted by atomic mass is 16.1. The van der Waals surface area contributed by atoms with Crippen LogP contribution in [0.3, 0.4) is 0 Å². The van der Waals surface area contributed by atoms with E-state index in [0.717, 1.165) is 12.8 Å². The molecule has 1 nitrogen and oxygen atoms in total. The number of fused-ring (bicyclic) bond motifs is 1. The molecule has 0 amide bonds. The van der Waals surface area contributed by atoms with Crippen LogP contribution in [0.5, 0.6) is 0 Å². The first-order valence-corrected chi connectivity index (χ1v) is 6.67. The lowest BCUT2D eigenvalue weighted by molar-refractivity contribution is -0.121. The molecule has 0 aliphatic heterocycles. The highest BCUT2D eigenvalue weighted by molar-refractivity contribution is 6.03. The quantitative estimate of drug-likeness (QED) is 0.605. The van der Waals surface area contributed by atoms with Crippen LogP contribution in [0.1, 0.15) is 53.4 Å². The van der Waals surface area contributed by atoms with Gasteiger partial charge in [0.15, 0.2) is 5.78 Å². The minimum Gasteiger partial charge on any atom is -0.294 e. The van der Waals surface area contributed by atoms with Crippen molar-refractivity contribution in [2.45, 2.75) is 53.4 Å². The summed E-state index contributed by atoms with van der Waals surface area (Å²) < 4.78 is 0. The smallest absolute Gasteiger partial charge is 0.163 e. The SMILES string of the molecule is CC1=C2C(=O)[C@@H]3CC[C@H](C)[C@@]2(CC1)C3(C)C. The van der Waals surface area contributed by atoms with Gasteiger partial charge in [0.25, 0.3) is 0 Å². The zero-order valence-electron chi connectivity index (χ0n) is 10.9. The van der Waals surface area contributed by atoms with E-state index >= 15 is 0 Å². The molecule has 2 fully saturated rings. The minimum atomic E-state index is 0.203. The predicted molar refractivity (Wildman–Crippen MR) is 65.0 cm³/mol. The van der Waals surface area contributed by atoms with Crippen molar-refractivity contribution in [2.75, 3.05) is 0 Å². The summed E-state index contributed by atoms with van der Waals surface area (Å²) in [5.74, 6) is 1.51. The van der Waals surface area contributed by atoms with Gasteiger partial charge >= 0.3 is 0 Å². The third-order valence-electron chi connectivity index (χ3n) is 6.08. The molecular weight excluding hydrogens is 196 g/mol. The van der Waals surface area contributed by atoms with Crippen molar-refractivity contribution in [3.8, 4) is 0 Å². The van der Waals surface area contributed by atoms with Gasteiger partial charge in [-0.1, -0.05) is 26.3 Å². The maximum Gasteiger partial charge on any atom is 0.163 e. The Morgan fingerprint density at radius 1 is 1.25 bits per heavy atom. The zero-order valence-corrected chi connectivity index (χ0v) is 10.9. The molecule has 3 rings (SSSR count). The molecule has 2 saturated carbocycles. The molecule has 3 aliphatic rings. The molecule has 0 N–H and O–H groups in total. The topological polar surface area (TPSA) is 17.1 Å². The largest absolute Gasteiger partial charge is 0.294 e. The molecule has 0 heterocycles. The Hall–Kier alpha value is -0.590. The lowest BCUT2D eigenvalue weighted by Gasteiger charge is -2.50. The number of carbonyl (C=O) groups excluding carboxylic acids is 1. The van der Waals surface area contributed by atoms with Crippen LogP contribution in [-0.4, -0.2) is 5.78 Å². The maximum absolute atomic E-state index is 12.6. The molecule has 0 radical (unpaired) electrons. The standard InChI is InChI=1S/C15H22O/c1-9-7-8-15-10(2)5-6-11(14(15,3)4)13(16)12(9)15/h10-11H,5-8H2,1-4H3/t10-,11-,15+/m0/s1. The van der Waals surface area contributed by atoms with E-state index in [4.69, 9.17) is 0 Å². The monoisotopic (exact) mass is 218 g/mol. The average Bonchev–Trinajstić information content (AvgIpc) is 2.57. The third kappa shape index (κ3) is 0.846. The Balaban J connectivity index is 2.28. The van der Waals surface area contributed by atoms with Gasteiger partial charge in [0, 0.05) is 16.9 Å². The van der Waals surface area contributed by atoms with Gasteiger partial charge in [-0.15, -0.1) is 0 Å². The van der Waals surface area contributed by atoms with Crippen molar-refractivity contribution in [2.24, 2.45) is 22.7 Å². The van der Waals surface area contributed by atoms with Crippen LogP contribution >= 0.6 is 0 Å². The molecule has 88 valence electrons. The van der Waals surface area contributed by atoms with Crippen LogP contribution in [0.4, 0.5) is 0 Å². The summed E-state index contributed by atoms with van der Waals surface area (Å²) >= 11 is 0. The summed E-state index contributed by atoms with van der Waals surface area (Å²) in [6.45, 7) is 9.24. The Morgan fingerprint density at radius 2 is 1.94 bits per heavy atom. The third-order valence-corrected chi connectivity index (χ3v) is 6.08. The van der Waals surface area contributed by atoms with Gasteiger partial charge in [-0.25, -0.2) is 0 Å². The van der Waals surface area contributed by atoms with Crippen molar-refractivity contribution < 1.29 is 4.79 Å². The van der Waals surface area contributed by atoms with E-state index in [9.17, 15) is 4.79 Å². The Bertz CT molecular complexity index is 402. The van der Waals surface area contributed by atoms with E-state index in [2.05, 4.69) is 27.7 Å². The van der Waals surface area contributed by atoms with Crippen LogP contribution in [0.25, 0.3) is 0 Å². The van der Waals surface area contributed by atoms with Gasteiger partial charge in [-0.05, 0) is 43.9 Å². The summed E-state index contributed by atoms with van der Waals surface area (Å²) in [6.07, 6.45) is 4.74. The van der Waals surface area contributed by atoms with Gasteiger partial charge in [-0.2, -0.15) is 0 Å². The Kier molecular flexibility index (Phi) is 1.85. The average molecular weight is 218 g/mol. The van der Waals surface area contributed by atoms with E-state index in [1.165, 1.54) is 24.0 Å². The minimum absolute atomic E-state index is 0.203. The first-order valence-electron chi connectivity index (χ1n) is 6.67. The molecule has 0 unspecified atom stereocenters. The van der Waals surface area contributed by atoms with Gasteiger partial charge in [0.1, 0.15) is 0 Å². The number of hydrogen-bond donors (Lipinski definition) is 0. The summed E-state index contributed by atoms with van der Waals surface area (Å²) in [5.41, 5.74) is 3.09. The fraction of sp³-hybridized carbons (Fsp3) is 0.800. The molecule has 1 spiro atoms. The normalized spacial score (nSPS) is 45.1. The highest BCUT2D eigenvalue weighted by Gasteiger charge is 2.67. The van der Waals surface area contributed by atoms with Crippen LogP contribution in [0.2, 0.25) is 0 Å². The number of allylic oxidation sites excluding steroid dienone is 2. The molecule has 0 aromatic heterocycles. The zero-order chi connectivity index (χ0) is 11.7. The van der Waals surface area contributed by atoms with Crippen molar-refractivity contribution >= 4 is 5.78 Å². The van der Waals surface area contributed by atoms with Crippen LogP contribution in [0, 0.1) is 22.7 Å². The first kappa shape index (κ1) is 10.6. The molecule has 3 atom stereocenters. The molecule has 16 heavy (non-hydrogen) atoms. The van der Waals surface area contributed by atoms with Crippen molar-refractivity contribution in [1.29, 1.82) is 0 Å². The summed E-state index contributed by atoms with van der Waals surface area (Å²) in [4.78, 5) is 12.6. The molecule has 3 aliphatic carbocycles. The second-order valence-corrected chi connectivity index (χ2v) is 6.74. The second kappa shape index (κ2) is 2.80. The lowest BCUT2D eigenvalue weighted by Crippen LogP contribution is -2.44. The Morgan fingerprint density at radius 3 is 2.62 bits per heavy atom. The number of carbonyl (C=O) groups is 1. The van der Waals surface area contributed by atoms with Gasteiger partial charge < -0.3 is 0 Å². The number of hydrogen-bond acceptors (Lipinski definition) is 1. The van der Waals surface area contributed by atoms with Crippen LogP contribution < -0.4 is 0 Å². The van der Waals surface area contributed by atoms with Crippen LogP contribution in [0.15, 0.2) is 11.1 Å². The number of ketones is 1. The van der Waals surface area contributed by atoms with Crippen molar-refractivity contribution in [1.82, 2.24) is 0 Å². The molecule has 0 aromatic carbocycles. The molecular formula is C15H22O. The van der Waals surface area contributed by atoms with Crippen molar-refractivity contribution in [3.63, 3.8) is 0 Å². The summed E-state index contributed by atoms with van der Waals surface area (Å²) in [5, 5.41) is 0. The van der Waals surface area contributed by atoms with Gasteiger partial charge in [0.2, 0.25) is 0 Å². The van der Waals surface area contributed by atoms with E-state index in [1.807, 2.05) is 0 Å². The highest BCUT2D eigenvalue weighted by Crippen LogP contribution is 2.71. The molecule has 0 saturated heterocycles. The molecule has 2 bridgehead atoms. The van der Waals surface area contributed by atoms with E-state index in [-0.39, 0.29) is 10.8 Å². The number of Topliss-reactive ketones (excluding diaryl/α,β-unsaturated/α-hetero) is 1. The van der Waals surface area contributed by atoms with E-state index in [1.54, 1.807) is 0 Å². The second-order valence-electron chi connectivity index (χ2n) is 6.74. The fourth-order valence-electron chi connectivity index (χ4n) is 5.19. The van der Waals surface area contributed by atoms with Crippen LogP contribution in [-0.2, 0) is 4.79 Å². The predicted octanol–water partition coefficient (Wildman–Crippen LogP) is 3.74. The number of rotatable bonds is 0. The van der Waals surface area contributed by atoms with E-state index < -0.39 is 0 Å².